The molecule has 0 fully saturated rings. The van der Waals surface area contributed by atoms with Gasteiger partial charge in [0.15, 0.2) is 0 Å². The summed E-state index contributed by atoms with van der Waals surface area (Å²) >= 11 is 6.15. The Labute approximate surface area is 106 Å². The molecule has 0 aliphatic carbocycles. The molecule has 0 spiro atoms. The van der Waals surface area contributed by atoms with Crippen LogP contribution < -0.4 is 4.90 Å². The Kier molecular flexibility index (Phi) is 5.04. The van der Waals surface area contributed by atoms with Crippen molar-refractivity contribution in [3.8, 4) is 0 Å². The molecule has 0 aromatic heterocycles. The van der Waals surface area contributed by atoms with Gasteiger partial charge in [-0.05, 0) is 30.2 Å². The molecule has 0 bridgehead atoms. The minimum atomic E-state index is -0.965. The number of rotatable bonds is 5. The fourth-order valence-electron chi connectivity index (χ4n) is 1.56. The first-order valence-electron chi connectivity index (χ1n) is 5.46. The van der Waals surface area contributed by atoms with Crippen LogP contribution in [0.5, 0.6) is 0 Å². The summed E-state index contributed by atoms with van der Waals surface area (Å²) in [6.07, 6.45) is 3.67. The van der Waals surface area contributed by atoms with E-state index in [1.54, 1.807) is 6.07 Å². The third-order valence-corrected chi connectivity index (χ3v) is 2.66. The molecule has 92 valence electrons. The summed E-state index contributed by atoms with van der Waals surface area (Å²) in [4.78, 5) is 12.5. The molecule has 0 saturated carbocycles. The zero-order chi connectivity index (χ0) is 12.8. The van der Waals surface area contributed by atoms with Gasteiger partial charge in [0, 0.05) is 19.7 Å². The van der Waals surface area contributed by atoms with Crippen LogP contribution in [-0.4, -0.2) is 24.7 Å². The minimum absolute atomic E-state index is 0.633. The van der Waals surface area contributed by atoms with E-state index in [0.717, 1.165) is 30.3 Å². The third-order valence-electron chi connectivity index (χ3n) is 2.36. The molecule has 0 heterocycles. The van der Waals surface area contributed by atoms with Crippen molar-refractivity contribution in [3.63, 3.8) is 0 Å². The summed E-state index contributed by atoms with van der Waals surface area (Å²) in [6, 6.07) is 5.52. The molecule has 0 unspecified atom stereocenters. The fourth-order valence-corrected chi connectivity index (χ4v) is 1.89. The molecule has 0 aliphatic heterocycles. The zero-order valence-electron chi connectivity index (χ0n) is 9.98. The number of halogens is 1. The standard InChI is InChI=1S/C13H16ClNO2/c1-3-8-15(2)12-6-4-10(9-11(12)14)5-7-13(16)17/h4-7,9H,3,8H2,1-2H3,(H,16,17)/b7-5+. The van der Waals surface area contributed by atoms with E-state index in [1.807, 2.05) is 19.2 Å². The first-order valence-corrected chi connectivity index (χ1v) is 5.84. The predicted molar refractivity (Wildman–Crippen MR) is 71.7 cm³/mol. The monoisotopic (exact) mass is 253 g/mol. The minimum Gasteiger partial charge on any atom is -0.478 e. The number of hydrogen-bond donors (Lipinski definition) is 1. The molecule has 0 atom stereocenters. The van der Waals surface area contributed by atoms with Crippen LogP contribution in [0.3, 0.4) is 0 Å². The van der Waals surface area contributed by atoms with E-state index in [2.05, 4.69) is 11.8 Å². The summed E-state index contributed by atoms with van der Waals surface area (Å²) in [5.41, 5.74) is 1.74. The maximum atomic E-state index is 10.4. The van der Waals surface area contributed by atoms with Crippen LogP contribution in [0.1, 0.15) is 18.9 Å². The average molecular weight is 254 g/mol. The predicted octanol–water partition coefficient (Wildman–Crippen LogP) is 3.28. The van der Waals surface area contributed by atoms with Gasteiger partial charge in [0.05, 0.1) is 10.7 Å². The van der Waals surface area contributed by atoms with Gasteiger partial charge in [-0.15, -0.1) is 0 Å². The number of anilines is 1. The second kappa shape index (κ2) is 6.30. The number of aliphatic carboxylic acids is 1. The third kappa shape index (κ3) is 4.11. The van der Waals surface area contributed by atoms with Crippen LogP contribution >= 0.6 is 11.6 Å². The summed E-state index contributed by atoms with van der Waals surface area (Å²) in [7, 11) is 1.98. The Bertz CT molecular complexity index is 429. The topological polar surface area (TPSA) is 40.5 Å². The summed E-state index contributed by atoms with van der Waals surface area (Å²) in [5, 5.41) is 9.16. The molecule has 1 aromatic rings. The highest BCUT2D eigenvalue weighted by atomic mass is 35.5. The van der Waals surface area contributed by atoms with E-state index in [-0.39, 0.29) is 0 Å². The van der Waals surface area contributed by atoms with Gasteiger partial charge in [-0.3, -0.25) is 0 Å². The van der Waals surface area contributed by atoms with E-state index in [9.17, 15) is 4.79 Å². The molecule has 0 aliphatic rings. The molecule has 4 heteroatoms. The smallest absolute Gasteiger partial charge is 0.328 e. The Morgan fingerprint density at radius 1 is 1.53 bits per heavy atom. The molecule has 17 heavy (non-hydrogen) atoms. The SMILES string of the molecule is CCCN(C)c1ccc(/C=C/C(=O)O)cc1Cl. The molecule has 1 rings (SSSR count). The lowest BCUT2D eigenvalue weighted by Gasteiger charge is -2.19. The van der Waals surface area contributed by atoms with Gasteiger partial charge in [0.25, 0.3) is 0 Å². The average Bonchev–Trinajstić information content (AvgIpc) is 2.26. The Morgan fingerprint density at radius 3 is 2.76 bits per heavy atom. The number of carboxylic acid groups (broad SMARTS) is 1. The quantitative estimate of drug-likeness (QED) is 0.819. The van der Waals surface area contributed by atoms with Gasteiger partial charge in [0.1, 0.15) is 0 Å². The summed E-state index contributed by atoms with van der Waals surface area (Å²) < 4.78 is 0. The first kappa shape index (κ1) is 13.6. The number of nitrogens with zero attached hydrogens (tertiary/aromatic N) is 1. The molecule has 0 amide bonds. The van der Waals surface area contributed by atoms with Crippen LogP contribution in [-0.2, 0) is 4.79 Å². The number of carbonyl (C=O) groups is 1. The van der Waals surface area contributed by atoms with Crippen LogP contribution in [0, 0.1) is 0 Å². The highest BCUT2D eigenvalue weighted by Gasteiger charge is 2.05. The van der Waals surface area contributed by atoms with Crippen LogP contribution in [0.4, 0.5) is 5.69 Å². The van der Waals surface area contributed by atoms with Crippen LogP contribution in [0.25, 0.3) is 6.08 Å². The lowest BCUT2D eigenvalue weighted by atomic mass is 10.2. The van der Waals surface area contributed by atoms with Crippen molar-refractivity contribution in [2.45, 2.75) is 13.3 Å². The van der Waals surface area contributed by atoms with E-state index >= 15 is 0 Å². The second-order valence-electron chi connectivity index (χ2n) is 3.80. The normalized spacial score (nSPS) is 10.8. The zero-order valence-corrected chi connectivity index (χ0v) is 10.7. The van der Waals surface area contributed by atoms with E-state index in [4.69, 9.17) is 16.7 Å². The van der Waals surface area contributed by atoms with Gasteiger partial charge in [-0.2, -0.15) is 0 Å². The van der Waals surface area contributed by atoms with Gasteiger partial charge in [-0.25, -0.2) is 4.79 Å². The molecule has 1 N–H and O–H groups in total. The van der Waals surface area contributed by atoms with Crippen molar-refractivity contribution in [2.75, 3.05) is 18.5 Å². The summed E-state index contributed by atoms with van der Waals surface area (Å²) in [6.45, 7) is 3.04. The molecular formula is C13H16ClNO2. The van der Waals surface area contributed by atoms with Crippen molar-refractivity contribution < 1.29 is 9.90 Å². The van der Waals surface area contributed by atoms with Gasteiger partial charge in [0.2, 0.25) is 0 Å². The molecule has 0 radical (unpaired) electrons. The van der Waals surface area contributed by atoms with Gasteiger partial charge >= 0.3 is 5.97 Å². The lowest BCUT2D eigenvalue weighted by Crippen LogP contribution is -2.17. The fraction of sp³-hybridized carbons (Fsp3) is 0.308. The lowest BCUT2D eigenvalue weighted by molar-refractivity contribution is -0.131. The first-order chi connectivity index (χ1) is 8.04. The Morgan fingerprint density at radius 2 is 2.24 bits per heavy atom. The number of hydrogen-bond acceptors (Lipinski definition) is 2. The van der Waals surface area contributed by atoms with Crippen LogP contribution in [0.2, 0.25) is 5.02 Å². The molecule has 1 aromatic carbocycles. The van der Waals surface area contributed by atoms with E-state index < -0.39 is 5.97 Å². The van der Waals surface area contributed by atoms with Crippen molar-refractivity contribution in [3.05, 3.63) is 34.9 Å². The van der Waals surface area contributed by atoms with Crippen molar-refractivity contribution >= 4 is 29.3 Å². The second-order valence-corrected chi connectivity index (χ2v) is 4.21. The van der Waals surface area contributed by atoms with E-state index in [1.165, 1.54) is 6.08 Å². The molecular weight excluding hydrogens is 238 g/mol. The molecule has 3 nitrogen and oxygen atoms in total. The van der Waals surface area contributed by atoms with Crippen molar-refractivity contribution in [1.29, 1.82) is 0 Å². The van der Waals surface area contributed by atoms with Crippen LogP contribution in [0.15, 0.2) is 24.3 Å². The van der Waals surface area contributed by atoms with Crippen molar-refractivity contribution in [1.82, 2.24) is 0 Å². The number of benzene rings is 1. The Hall–Kier alpha value is -1.48. The largest absolute Gasteiger partial charge is 0.478 e. The molecule has 0 saturated heterocycles. The summed E-state index contributed by atoms with van der Waals surface area (Å²) in [5.74, 6) is -0.965. The highest BCUT2D eigenvalue weighted by molar-refractivity contribution is 6.33. The number of carboxylic acids is 1. The highest BCUT2D eigenvalue weighted by Crippen LogP contribution is 2.26. The maximum absolute atomic E-state index is 10.4. The van der Waals surface area contributed by atoms with Gasteiger partial charge < -0.3 is 10.0 Å². The van der Waals surface area contributed by atoms with Gasteiger partial charge in [-0.1, -0.05) is 24.6 Å². The van der Waals surface area contributed by atoms with E-state index in [0.29, 0.717) is 5.02 Å². The van der Waals surface area contributed by atoms with Crippen molar-refractivity contribution in [2.24, 2.45) is 0 Å². The maximum Gasteiger partial charge on any atom is 0.328 e. The Balaban J connectivity index is 2.89.